The van der Waals surface area contributed by atoms with Crippen molar-refractivity contribution in [3.8, 4) is 0 Å². The number of carbonyl (C=O) groups excluding carboxylic acids is 1. The van der Waals surface area contributed by atoms with Gasteiger partial charge in [0.2, 0.25) is 6.08 Å². The zero-order chi connectivity index (χ0) is 9.14. The van der Waals surface area contributed by atoms with Gasteiger partial charge >= 0.3 is 0 Å². The predicted octanol–water partition coefficient (Wildman–Crippen LogP) is 2.86. The maximum atomic E-state index is 9.93. The molecule has 0 saturated heterocycles. The summed E-state index contributed by atoms with van der Waals surface area (Å²) in [6.45, 7) is 3.68. The Morgan fingerprint density at radius 2 is 2.17 bits per heavy atom. The van der Waals surface area contributed by atoms with E-state index in [1.165, 1.54) is 6.08 Å². The maximum Gasteiger partial charge on any atom is 0.240 e. The van der Waals surface area contributed by atoms with Gasteiger partial charge in [0.15, 0.2) is 0 Å². The van der Waals surface area contributed by atoms with E-state index in [1.54, 1.807) is 6.08 Å². The van der Waals surface area contributed by atoms with Crippen LogP contribution in [0.5, 0.6) is 0 Å². The van der Waals surface area contributed by atoms with Crippen LogP contribution in [0.25, 0.3) is 0 Å². The summed E-state index contributed by atoms with van der Waals surface area (Å²) in [5.41, 5.74) is 1.09. The van der Waals surface area contributed by atoms with E-state index in [1.807, 2.05) is 0 Å². The van der Waals surface area contributed by atoms with Gasteiger partial charge in [-0.1, -0.05) is 35.9 Å². The third-order valence-electron chi connectivity index (χ3n) is 1.44. The lowest BCUT2D eigenvalue weighted by Crippen LogP contribution is -1.93. The second-order valence-electron chi connectivity index (χ2n) is 2.23. The topological polar surface area (TPSA) is 29.4 Å². The molecule has 1 aliphatic rings. The molecule has 0 radical (unpaired) electrons. The standard InChI is InChI=1S/C8H5Cl2NO/c1-5-2-3-6(11-4-12)8(10)7(5)9/h3H,1-2H2. The zero-order valence-corrected chi connectivity index (χ0v) is 7.61. The Morgan fingerprint density at radius 1 is 1.50 bits per heavy atom. The molecule has 4 heteroatoms. The van der Waals surface area contributed by atoms with Crippen LogP contribution in [0.1, 0.15) is 6.42 Å². The minimum absolute atomic E-state index is 0.260. The predicted molar refractivity (Wildman–Crippen MR) is 48.7 cm³/mol. The van der Waals surface area contributed by atoms with Crippen molar-refractivity contribution < 1.29 is 4.79 Å². The Hall–Kier alpha value is -0.820. The monoisotopic (exact) mass is 201 g/mol. The Balaban J connectivity index is 3.10. The van der Waals surface area contributed by atoms with Crippen molar-refractivity contribution in [1.29, 1.82) is 0 Å². The van der Waals surface area contributed by atoms with E-state index in [0.717, 1.165) is 5.57 Å². The van der Waals surface area contributed by atoms with Crippen molar-refractivity contribution in [3.63, 3.8) is 0 Å². The van der Waals surface area contributed by atoms with Gasteiger partial charge in [-0.15, -0.1) is 0 Å². The summed E-state index contributed by atoms with van der Waals surface area (Å²) in [7, 11) is 0. The number of nitrogens with zero attached hydrogens (tertiary/aromatic N) is 1. The van der Waals surface area contributed by atoms with E-state index >= 15 is 0 Å². The van der Waals surface area contributed by atoms with E-state index in [4.69, 9.17) is 23.2 Å². The third kappa shape index (κ3) is 1.67. The van der Waals surface area contributed by atoms with E-state index < -0.39 is 0 Å². The number of aliphatic imine (C=N–C) groups is 1. The number of hydrogen-bond donors (Lipinski definition) is 0. The van der Waals surface area contributed by atoms with Gasteiger partial charge in [0.1, 0.15) is 0 Å². The van der Waals surface area contributed by atoms with Gasteiger partial charge in [0.25, 0.3) is 0 Å². The summed E-state index contributed by atoms with van der Waals surface area (Å²) in [4.78, 5) is 13.3. The van der Waals surface area contributed by atoms with Crippen molar-refractivity contribution in [2.24, 2.45) is 4.99 Å². The lowest BCUT2D eigenvalue weighted by atomic mass is 10.1. The summed E-state index contributed by atoms with van der Waals surface area (Å²) in [6.07, 6.45) is 3.65. The zero-order valence-electron chi connectivity index (χ0n) is 6.10. The van der Waals surface area contributed by atoms with Gasteiger partial charge in [-0.2, -0.15) is 4.99 Å². The largest absolute Gasteiger partial charge is 0.240 e. The SMILES string of the molecule is C=C1CC=C(N=C=O)C(Cl)=C1Cl. The summed E-state index contributed by atoms with van der Waals surface area (Å²) < 4.78 is 0. The minimum atomic E-state index is 0.260. The van der Waals surface area contributed by atoms with Crippen LogP contribution in [-0.4, -0.2) is 6.08 Å². The molecule has 0 N–H and O–H groups in total. The minimum Gasteiger partial charge on any atom is -0.211 e. The molecule has 0 amide bonds. The number of halogens is 2. The van der Waals surface area contributed by atoms with Crippen molar-refractivity contribution in [1.82, 2.24) is 0 Å². The Bertz CT molecular complexity index is 335. The Kier molecular flexibility index (Phi) is 2.88. The lowest BCUT2D eigenvalue weighted by Gasteiger charge is -2.10. The third-order valence-corrected chi connectivity index (χ3v) is 2.37. The molecule has 0 aromatic heterocycles. The maximum absolute atomic E-state index is 9.93. The molecule has 0 heterocycles. The molecule has 0 saturated carbocycles. The Labute approximate surface area is 79.9 Å². The van der Waals surface area contributed by atoms with Gasteiger partial charge in [-0.25, -0.2) is 4.79 Å². The van der Waals surface area contributed by atoms with Crippen molar-refractivity contribution in [2.45, 2.75) is 6.42 Å². The molecule has 0 unspecified atom stereocenters. The van der Waals surface area contributed by atoms with E-state index in [2.05, 4.69) is 11.6 Å². The van der Waals surface area contributed by atoms with Gasteiger partial charge in [-0.3, -0.25) is 0 Å². The number of allylic oxidation sites excluding steroid dienone is 4. The molecule has 62 valence electrons. The number of hydrogen-bond acceptors (Lipinski definition) is 2. The van der Waals surface area contributed by atoms with E-state index in [9.17, 15) is 4.79 Å². The molecule has 0 aromatic rings. The summed E-state index contributed by atoms with van der Waals surface area (Å²) >= 11 is 11.5. The van der Waals surface area contributed by atoms with Crippen LogP contribution >= 0.6 is 23.2 Å². The smallest absolute Gasteiger partial charge is 0.211 e. The number of rotatable bonds is 1. The first kappa shape index (κ1) is 9.27. The average Bonchev–Trinajstić information content (AvgIpc) is 2.07. The molecule has 0 atom stereocenters. The van der Waals surface area contributed by atoms with Crippen LogP contribution in [0.2, 0.25) is 0 Å². The van der Waals surface area contributed by atoms with Crippen LogP contribution in [0, 0.1) is 0 Å². The van der Waals surface area contributed by atoms with Crippen molar-refractivity contribution in [2.75, 3.05) is 0 Å². The normalized spacial score (nSPS) is 17.2. The molecular formula is C8H5Cl2NO. The fourth-order valence-corrected chi connectivity index (χ4v) is 1.24. The highest BCUT2D eigenvalue weighted by molar-refractivity contribution is 6.42. The van der Waals surface area contributed by atoms with Gasteiger partial charge in [0, 0.05) is 0 Å². The second-order valence-corrected chi connectivity index (χ2v) is 2.98. The average molecular weight is 202 g/mol. The quantitative estimate of drug-likeness (QED) is 0.474. The van der Waals surface area contributed by atoms with Crippen LogP contribution in [-0.2, 0) is 4.79 Å². The molecule has 12 heavy (non-hydrogen) atoms. The molecule has 1 rings (SSSR count). The molecule has 1 aliphatic carbocycles. The molecule has 2 nitrogen and oxygen atoms in total. The van der Waals surface area contributed by atoms with Gasteiger partial charge in [-0.05, 0) is 12.0 Å². The summed E-state index contributed by atoms with van der Waals surface area (Å²) in [5, 5.41) is 0.629. The fraction of sp³-hybridized carbons (Fsp3) is 0.125. The van der Waals surface area contributed by atoms with Crippen LogP contribution < -0.4 is 0 Å². The molecule has 0 spiro atoms. The van der Waals surface area contributed by atoms with Crippen LogP contribution in [0.4, 0.5) is 0 Å². The lowest BCUT2D eigenvalue weighted by molar-refractivity contribution is 0.564. The van der Waals surface area contributed by atoms with Gasteiger partial charge < -0.3 is 0 Å². The van der Waals surface area contributed by atoms with E-state index in [0.29, 0.717) is 17.2 Å². The Morgan fingerprint density at radius 3 is 2.75 bits per heavy atom. The van der Waals surface area contributed by atoms with Crippen LogP contribution in [0.3, 0.4) is 0 Å². The van der Waals surface area contributed by atoms with Gasteiger partial charge in [0.05, 0.1) is 15.8 Å². The first-order chi connectivity index (χ1) is 5.66. The molecular weight excluding hydrogens is 197 g/mol. The highest BCUT2D eigenvalue weighted by Crippen LogP contribution is 2.33. The fourth-order valence-electron chi connectivity index (χ4n) is 0.811. The van der Waals surface area contributed by atoms with Crippen LogP contribution in [0.15, 0.2) is 39.0 Å². The first-order valence-electron chi connectivity index (χ1n) is 3.18. The second kappa shape index (κ2) is 3.72. The molecule has 0 bridgehead atoms. The van der Waals surface area contributed by atoms with E-state index in [-0.39, 0.29) is 5.03 Å². The summed E-state index contributed by atoms with van der Waals surface area (Å²) in [6, 6.07) is 0. The molecule has 0 fully saturated rings. The molecule has 0 aliphatic heterocycles. The summed E-state index contributed by atoms with van der Waals surface area (Å²) in [5.74, 6) is 0. The molecule has 0 aromatic carbocycles. The highest BCUT2D eigenvalue weighted by Gasteiger charge is 2.14. The number of isocyanates is 1. The van der Waals surface area contributed by atoms with Crippen molar-refractivity contribution in [3.05, 3.63) is 34.0 Å². The van der Waals surface area contributed by atoms with Crippen molar-refractivity contribution >= 4 is 29.3 Å². The first-order valence-corrected chi connectivity index (χ1v) is 3.94. The highest BCUT2D eigenvalue weighted by atomic mass is 35.5.